The molecule has 0 bridgehead atoms. The first kappa shape index (κ1) is 20.4. The summed E-state index contributed by atoms with van der Waals surface area (Å²) in [6, 6.07) is 7.47. The Balaban J connectivity index is 2.94. The van der Waals surface area contributed by atoms with E-state index >= 15 is 0 Å². The minimum absolute atomic E-state index is 0.189. The van der Waals surface area contributed by atoms with E-state index in [0.29, 0.717) is 26.3 Å². The number of hydrogen-bond donors (Lipinski definition) is 1. The number of ether oxygens (including phenoxy) is 3. The standard InChI is InChI=1S/C16H24BrN3O4/c1-4-24-16(21)15(20(9-11-22-2)10-12-23-3)19-18-14-7-5-13(17)6-8-14/h5-8,18H,4,9-12H2,1-3H3. The molecule has 134 valence electrons. The number of hydrogen-bond acceptors (Lipinski definition) is 6. The lowest BCUT2D eigenvalue weighted by atomic mass is 10.3. The Hall–Kier alpha value is -1.64. The fraction of sp³-hybridized carbons (Fsp3) is 0.500. The number of nitrogens with zero attached hydrogens (tertiary/aromatic N) is 2. The summed E-state index contributed by atoms with van der Waals surface area (Å²) in [5.41, 5.74) is 3.65. The van der Waals surface area contributed by atoms with Crippen LogP contribution in [0.15, 0.2) is 33.8 Å². The van der Waals surface area contributed by atoms with Gasteiger partial charge >= 0.3 is 5.97 Å². The molecule has 0 aliphatic rings. The highest BCUT2D eigenvalue weighted by Gasteiger charge is 2.21. The van der Waals surface area contributed by atoms with Crippen LogP contribution < -0.4 is 5.43 Å². The fourth-order valence-corrected chi connectivity index (χ4v) is 2.07. The summed E-state index contributed by atoms with van der Waals surface area (Å²) in [5.74, 6) is -0.303. The Labute approximate surface area is 151 Å². The van der Waals surface area contributed by atoms with Crippen molar-refractivity contribution in [1.82, 2.24) is 4.90 Å². The van der Waals surface area contributed by atoms with Crippen LogP contribution in [0.2, 0.25) is 0 Å². The molecule has 0 aromatic heterocycles. The number of amidine groups is 1. The summed E-state index contributed by atoms with van der Waals surface area (Å²) in [6.45, 7) is 3.95. The lowest BCUT2D eigenvalue weighted by molar-refractivity contribution is -0.136. The molecular weight excluding hydrogens is 378 g/mol. The molecule has 0 heterocycles. The average molecular weight is 402 g/mol. The maximum atomic E-state index is 12.3. The van der Waals surface area contributed by atoms with E-state index < -0.39 is 5.97 Å². The number of hydrazone groups is 1. The number of rotatable bonds is 9. The van der Waals surface area contributed by atoms with E-state index in [9.17, 15) is 4.79 Å². The summed E-state index contributed by atoms with van der Waals surface area (Å²) in [5, 5.41) is 4.24. The average Bonchev–Trinajstić information content (AvgIpc) is 2.58. The first-order valence-corrected chi connectivity index (χ1v) is 8.40. The molecule has 1 rings (SSSR count). The number of esters is 1. The highest BCUT2D eigenvalue weighted by atomic mass is 79.9. The SMILES string of the molecule is CCOC(=O)C(=NNc1ccc(Br)cc1)N(CCOC)CCOC. The lowest BCUT2D eigenvalue weighted by Crippen LogP contribution is -2.42. The molecule has 0 aliphatic heterocycles. The van der Waals surface area contributed by atoms with E-state index in [1.165, 1.54) is 0 Å². The molecule has 0 atom stereocenters. The minimum atomic E-state index is -0.491. The van der Waals surface area contributed by atoms with Gasteiger partial charge in [-0.3, -0.25) is 5.43 Å². The van der Waals surface area contributed by atoms with Gasteiger partial charge < -0.3 is 19.1 Å². The van der Waals surface area contributed by atoms with E-state index in [4.69, 9.17) is 14.2 Å². The van der Waals surface area contributed by atoms with Gasteiger partial charge in [0.1, 0.15) is 0 Å². The van der Waals surface area contributed by atoms with Crippen LogP contribution in [-0.4, -0.2) is 63.8 Å². The molecule has 0 saturated carbocycles. The number of methoxy groups -OCH3 is 2. The van der Waals surface area contributed by atoms with Crippen molar-refractivity contribution >= 4 is 33.4 Å². The lowest BCUT2D eigenvalue weighted by Gasteiger charge is -2.24. The second-order valence-electron chi connectivity index (χ2n) is 4.75. The zero-order valence-electron chi connectivity index (χ0n) is 14.3. The monoisotopic (exact) mass is 401 g/mol. The van der Waals surface area contributed by atoms with Gasteiger partial charge in [0.05, 0.1) is 25.5 Å². The number of carbonyl (C=O) groups is 1. The minimum Gasteiger partial charge on any atom is -0.460 e. The molecule has 24 heavy (non-hydrogen) atoms. The molecular formula is C16H24BrN3O4. The van der Waals surface area contributed by atoms with Crippen molar-refractivity contribution in [2.75, 3.05) is 52.6 Å². The molecule has 0 aliphatic carbocycles. The van der Waals surface area contributed by atoms with Gasteiger partial charge in [-0.1, -0.05) is 15.9 Å². The van der Waals surface area contributed by atoms with E-state index in [1.807, 2.05) is 24.3 Å². The first-order valence-electron chi connectivity index (χ1n) is 7.61. The summed E-state index contributed by atoms with van der Waals surface area (Å²) < 4.78 is 16.3. The van der Waals surface area contributed by atoms with Crippen molar-refractivity contribution in [1.29, 1.82) is 0 Å². The largest absolute Gasteiger partial charge is 0.460 e. The van der Waals surface area contributed by atoms with E-state index in [1.54, 1.807) is 26.0 Å². The Kier molecular flexibility index (Phi) is 10.1. The molecule has 0 saturated heterocycles. The van der Waals surface area contributed by atoms with Crippen LogP contribution in [0, 0.1) is 0 Å². The number of carbonyl (C=O) groups excluding carboxylic acids is 1. The maximum Gasteiger partial charge on any atom is 0.375 e. The van der Waals surface area contributed by atoms with Gasteiger partial charge in [0.25, 0.3) is 0 Å². The summed E-state index contributed by atoms with van der Waals surface area (Å²) in [4.78, 5) is 14.0. The van der Waals surface area contributed by atoms with Gasteiger partial charge in [-0.25, -0.2) is 4.79 Å². The molecule has 1 aromatic rings. The second-order valence-corrected chi connectivity index (χ2v) is 5.66. The quantitative estimate of drug-likeness (QED) is 0.296. The highest BCUT2D eigenvalue weighted by Crippen LogP contribution is 2.14. The predicted molar refractivity (Wildman–Crippen MR) is 97.2 cm³/mol. The molecule has 0 spiro atoms. The molecule has 0 unspecified atom stereocenters. The summed E-state index contributed by atoms with van der Waals surface area (Å²) in [7, 11) is 3.21. The first-order chi connectivity index (χ1) is 11.6. The predicted octanol–water partition coefficient (Wildman–Crippen LogP) is 2.33. The molecule has 7 nitrogen and oxygen atoms in total. The third-order valence-electron chi connectivity index (χ3n) is 3.02. The fourth-order valence-electron chi connectivity index (χ4n) is 1.81. The van der Waals surface area contributed by atoms with Gasteiger partial charge in [-0.15, -0.1) is 5.10 Å². The Morgan fingerprint density at radius 3 is 2.25 bits per heavy atom. The van der Waals surface area contributed by atoms with Crippen LogP contribution >= 0.6 is 15.9 Å². The van der Waals surface area contributed by atoms with Gasteiger partial charge in [-0.2, -0.15) is 0 Å². The Morgan fingerprint density at radius 2 is 1.75 bits per heavy atom. The van der Waals surface area contributed by atoms with Crippen LogP contribution in [-0.2, 0) is 19.0 Å². The topological polar surface area (TPSA) is 72.4 Å². The van der Waals surface area contributed by atoms with Crippen molar-refractivity contribution in [3.63, 3.8) is 0 Å². The van der Waals surface area contributed by atoms with Crippen LogP contribution in [0.5, 0.6) is 0 Å². The number of benzene rings is 1. The van der Waals surface area contributed by atoms with Crippen LogP contribution in [0.4, 0.5) is 5.69 Å². The van der Waals surface area contributed by atoms with Crippen molar-refractivity contribution < 1.29 is 19.0 Å². The van der Waals surface area contributed by atoms with Crippen molar-refractivity contribution in [2.45, 2.75) is 6.92 Å². The number of anilines is 1. The molecule has 0 fully saturated rings. The zero-order valence-corrected chi connectivity index (χ0v) is 15.8. The Morgan fingerprint density at radius 1 is 1.17 bits per heavy atom. The smallest absolute Gasteiger partial charge is 0.375 e. The van der Waals surface area contributed by atoms with Gasteiger partial charge in [0.15, 0.2) is 0 Å². The van der Waals surface area contributed by atoms with Gasteiger partial charge in [-0.05, 0) is 31.2 Å². The molecule has 0 radical (unpaired) electrons. The highest BCUT2D eigenvalue weighted by molar-refractivity contribution is 9.10. The summed E-state index contributed by atoms with van der Waals surface area (Å²) in [6.07, 6.45) is 0. The van der Waals surface area contributed by atoms with E-state index in [-0.39, 0.29) is 12.4 Å². The third-order valence-corrected chi connectivity index (χ3v) is 3.55. The summed E-state index contributed by atoms with van der Waals surface area (Å²) >= 11 is 3.38. The van der Waals surface area contributed by atoms with Crippen molar-refractivity contribution in [3.8, 4) is 0 Å². The van der Waals surface area contributed by atoms with Crippen LogP contribution in [0.3, 0.4) is 0 Å². The molecule has 1 N–H and O–H groups in total. The third kappa shape index (κ3) is 7.29. The van der Waals surface area contributed by atoms with Crippen LogP contribution in [0.1, 0.15) is 6.92 Å². The Bertz CT molecular complexity index is 515. The zero-order chi connectivity index (χ0) is 17.8. The molecule has 8 heteroatoms. The number of nitrogens with one attached hydrogen (secondary N) is 1. The van der Waals surface area contributed by atoms with Gasteiger partial charge in [0.2, 0.25) is 5.84 Å². The van der Waals surface area contributed by atoms with Gasteiger partial charge in [0, 0.05) is 31.8 Å². The van der Waals surface area contributed by atoms with Crippen molar-refractivity contribution in [3.05, 3.63) is 28.7 Å². The van der Waals surface area contributed by atoms with E-state index in [0.717, 1.165) is 10.2 Å². The normalized spacial score (nSPS) is 11.2. The maximum absolute atomic E-state index is 12.3. The number of halogens is 1. The van der Waals surface area contributed by atoms with E-state index in [2.05, 4.69) is 26.5 Å². The van der Waals surface area contributed by atoms with Crippen LogP contribution in [0.25, 0.3) is 0 Å². The van der Waals surface area contributed by atoms with Crippen molar-refractivity contribution in [2.24, 2.45) is 5.10 Å². The molecule has 1 aromatic carbocycles. The molecule has 0 amide bonds. The second kappa shape index (κ2) is 11.8.